The zero-order chi connectivity index (χ0) is 8.43. The molecule has 64 valence electrons. The molecule has 0 saturated carbocycles. The maximum absolute atomic E-state index is 2.41. The number of hydrogen-bond donors (Lipinski definition) is 0. The molecule has 0 saturated heterocycles. The van der Waals surface area contributed by atoms with E-state index in [1.165, 1.54) is 12.8 Å². The third-order valence-electron chi connectivity index (χ3n) is 2.59. The van der Waals surface area contributed by atoms with Gasteiger partial charge in [-0.2, -0.15) is 0 Å². The minimum Gasteiger partial charge on any atom is -0.303 e. The van der Waals surface area contributed by atoms with Gasteiger partial charge in [-0.25, -0.2) is 0 Å². The van der Waals surface area contributed by atoms with Gasteiger partial charge in [0.15, 0.2) is 0 Å². The first-order valence-electron chi connectivity index (χ1n) is 4.46. The Bertz CT molecular complexity index is 158. The number of nitrogens with zero attached hydrogens (tertiary/aromatic N) is 1. The minimum absolute atomic E-state index is 0.700. The molecule has 11 heavy (non-hydrogen) atoms. The topological polar surface area (TPSA) is 3.24 Å². The number of hydrogen-bond acceptors (Lipinski definition) is 1. The summed E-state index contributed by atoms with van der Waals surface area (Å²) < 4.78 is 0. The van der Waals surface area contributed by atoms with Gasteiger partial charge >= 0.3 is 0 Å². The van der Waals surface area contributed by atoms with Crippen LogP contribution in [0.4, 0.5) is 0 Å². The molecule has 0 fully saturated rings. The summed E-state index contributed by atoms with van der Waals surface area (Å²) in [6.07, 6.45) is 5.09. The van der Waals surface area contributed by atoms with Crippen LogP contribution in [0.25, 0.3) is 0 Å². The van der Waals surface area contributed by atoms with E-state index in [0.29, 0.717) is 6.04 Å². The lowest BCUT2D eigenvalue weighted by atomic mass is 9.88. The zero-order valence-corrected chi connectivity index (χ0v) is 8.09. The van der Waals surface area contributed by atoms with Crippen molar-refractivity contribution in [2.24, 2.45) is 5.92 Å². The predicted octanol–water partition coefficient (Wildman–Crippen LogP) is 2.29. The molecule has 0 aromatic carbocycles. The van der Waals surface area contributed by atoms with Crippen LogP contribution < -0.4 is 0 Å². The maximum Gasteiger partial charge on any atom is 0.0299 e. The monoisotopic (exact) mass is 153 g/mol. The fraction of sp³-hybridized carbons (Fsp3) is 0.800. The van der Waals surface area contributed by atoms with E-state index >= 15 is 0 Å². The van der Waals surface area contributed by atoms with Crippen molar-refractivity contribution in [1.29, 1.82) is 0 Å². The molecule has 0 aliphatic heterocycles. The summed E-state index contributed by atoms with van der Waals surface area (Å²) in [5, 5.41) is 0. The third-order valence-corrected chi connectivity index (χ3v) is 2.59. The van der Waals surface area contributed by atoms with E-state index in [2.05, 4.69) is 38.9 Å². The van der Waals surface area contributed by atoms with Crippen LogP contribution in [-0.4, -0.2) is 25.0 Å². The fourth-order valence-corrected chi connectivity index (χ4v) is 1.96. The highest BCUT2D eigenvalue weighted by Gasteiger charge is 2.18. The second kappa shape index (κ2) is 3.40. The van der Waals surface area contributed by atoms with Crippen molar-refractivity contribution < 1.29 is 0 Å². The zero-order valence-electron chi connectivity index (χ0n) is 8.09. The Balaban J connectivity index is 2.64. The minimum atomic E-state index is 0.700. The van der Waals surface area contributed by atoms with Crippen LogP contribution in [0.15, 0.2) is 11.6 Å². The van der Waals surface area contributed by atoms with Gasteiger partial charge in [-0.05, 0) is 39.8 Å². The van der Waals surface area contributed by atoms with Crippen LogP contribution in [0.1, 0.15) is 26.7 Å². The van der Waals surface area contributed by atoms with Gasteiger partial charge in [-0.15, -0.1) is 0 Å². The summed E-state index contributed by atoms with van der Waals surface area (Å²) >= 11 is 0. The van der Waals surface area contributed by atoms with Crippen molar-refractivity contribution in [3.05, 3.63) is 11.6 Å². The molecule has 0 amide bonds. The van der Waals surface area contributed by atoms with Gasteiger partial charge in [0.05, 0.1) is 0 Å². The molecule has 2 unspecified atom stereocenters. The van der Waals surface area contributed by atoms with Crippen LogP contribution >= 0.6 is 0 Å². The summed E-state index contributed by atoms with van der Waals surface area (Å²) in [6.45, 7) is 4.55. The lowest BCUT2D eigenvalue weighted by molar-refractivity contribution is 0.289. The Kier molecular flexibility index (Phi) is 2.72. The van der Waals surface area contributed by atoms with Crippen molar-refractivity contribution >= 4 is 0 Å². The first-order valence-corrected chi connectivity index (χ1v) is 4.46. The van der Waals surface area contributed by atoms with Gasteiger partial charge < -0.3 is 4.90 Å². The van der Waals surface area contributed by atoms with Crippen LogP contribution in [0.5, 0.6) is 0 Å². The lowest BCUT2D eigenvalue weighted by Crippen LogP contribution is -2.31. The number of rotatable bonds is 1. The highest BCUT2D eigenvalue weighted by molar-refractivity contribution is 5.12. The van der Waals surface area contributed by atoms with E-state index < -0.39 is 0 Å². The summed E-state index contributed by atoms with van der Waals surface area (Å²) in [5.41, 5.74) is 1.55. The first kappa shape index (κ1) is 8.79. The third kappa shape index (κ3) is 2.06. The van der Waals surface area contributed by atoms with Gasteiger partial charge in [0, 0.05) is 6.04 Å². The van der Waals surface area contributed by atoms with Gasteiger partial charge in [0.25, 0.3) is 0 Å². The molecule has 0 spiro atoms. The highest BCUT2D eigenvalue weighted by Crippen LogP contribution is 2.24. The molecule has 1 heteroatoms. The van der Waals surface area contributed by atoms with Crippen LogP contribution in [0, 0.1) is 5.92 Å². The number of allylic oxidation sites excluding steroid dienone is 1. The van der Waals surface area contributed by atoms with E-state index in [-0.39, 0.29) is 0 Å². The summed E-state index contributed by atoms with van der Waals surface area (Å²) in [4.78, 5) is 2.32. The largest absolute Gasteiger partial charge is 0.303 e. The normalized spacial score (nSPS) is 32.3. The van der Waals surface area contributed by atoms with Gasteiger partial charge in [0.2, 0.25) is 0 Å². The Morgan fingerprint density at radius 3 is 2.45 bits per heavy atom. The molecule has 1 nitrogen and oxygen atoms in total. The number of likely N-dealkylation sites (N-methyl/N-ethyl adjacent to an activating group) is 1. The lowest BCUT2D eigenvalue weighted by Gasteiger charge is -2.30. The average Bonchev–Trinajstić information content (AvgIpc) is 1.85. The Morgan fingerprint density at radius 2 is 2.00 bits per heavy atom. The highest BCUT2D eigenvalue weighted by atomic mass is 15.1. The summed E-state index contributed by atoms with van der Waals surface area (Å²) in [5.74, 6) is 0.797. The van der Waals surface area contributed by atoms with Crippen LogP contribution in [0.3, 0.4) is 0 Å². The molecule has 0 aromatic rings. The summed E-state index contributed by atoms with van der Waals surface area (Å²) in [6, 6.07) is 0.700. The average molecular weight is 153 g/mol. The molecule has 0 N–H and O–H groups in total. The summed E-state index contributed by atoms with van der Waals surface area (Å²) in [7, 11) is 4.33. The molecule has 0 bridgehead atoms. The van der Waals surface area contributed by atoms with E-state index in [1.54, 1.807) is 5.57 Å². The Hall–Kier alpha value is -0.300. The van der Waals surface area contributed by atoms with E-state index in [1.807, 2.05) is 0 Å². The SMILES string of the molecule is CC1=CC(C)CCC1N(C)C. The molecule has 0 heterocycles. The van der Waals surface area contributed by atoms with Gasteiger partial charge in [0.1, 0.15) is 0 Å². The van der Waals surface area contributed by atoms with E-state index in [9.17, 15) is 0 Å². The van der Waals surface area contributed by atoms with Gasteiger partial charge in [-0.1, -0.05) is 18.6 Å². The van der Waals surface area contributed by atoms with Crippen LogP contribution in [-0.2, 0) is 0 Å². The second-order valence-electron chi connectivity index (χ2n) is 3.94. The van der Waals surface area contributed by atoms with Crippen LogP contribution in [0.2, 0.25) is 0 Å². The predicted molar refractivity (Wildman–Crippen MR) is 49.6 cm³/mol. The molecule has 1 rings (SSSR count). The van der Waals surface area contributed by atoms with Gasteiger partial charge in [-0.3, -0.25) is 0 Å². The van der Waals surface area contributed by atoms with E-state index in [0.717, 1.165) is 5.92 Å². The molecule has 2 atom stereocenters. The standard InChI is InChI=1S/C10H19N/c1-8-5-6-10(11(3)4)9(2)7-8/h7-8,10H,5-6H2,1-4H3. The molecule has 0 radical (unpaired) electrons. The fourth-order valence-electron chi connectivity index (χ4n) is 1.96. The maximum atomic E-state index is 2.41. The van der Waals surface area contributed by atoms with Crippen molar-refractivity contribution in [3.8, 4) is 0 Å². The van der Waals surface area contributed by atoms with Crippen molar-refractivity contribution in [1.82, 2.24) is 4.90 Å². The first-order chi connectivity index (χ1) is 5.11. The Labute approximate surface area is 70.1 Å². The molecule has 1 aliphatic rings. The second-order valence-corrected chi connectivity index (χ2v) is 3.94. The molecular weight excluding hydrogens is 134 g/mol. The Morgan fingerprint density at radius 1 is 1.36 bits per heavy atom. The van der Waals surface area contributed by atoms with Crippen molar-refractivity contribution in [2.45, 2.75) is 32.7 Å². The molecular formula is C10H19N. The smallest absolute Gasteiger partial charge is 0.0299 e. The van der Waals surface area contributed by atoms with E-state index in [4.69, 9.17) is 0 Å². The molecule has 0 aromatic heterocycles. The van der Waals surface area contributed by atoms with Crippen molar-refractivity contribution in [3.63, 3.8) is 0 Å². The molecule has 1 aliphatic carbocycles. The van der Waals surface area contributed by atoms with Crippen molar-refractivity contribution in [2.75, 3.05) is 14.1 Å². The quantitative estimate of drug-likeness (QED) is 0.522.